The first-order valence-corrected chi connectivity index (χ1v) is 10.3. The van der Waals surface area contributed by atoms with Gasteiger partial charge in [-0.2, -0.15) is 5.26 Å². The van der Waals surface area contributed by atoms with Crippen molar-refractivity contribution in [2.45, 2.75) is 20.8 Å². The molecule has 8 heteroatoms. The number of aryl methyl sites for hydroxylation is 1. The number of nitrogens with zero attached hydrogens (tertiary/aromatic N) is 2. The summed E-state index contributed by atoms with van der Waals surface area (Å²) in [6.07, 6.45) is 0. The van der Waals surface area contributed by atoms with Crippen LogP contribution in [0, 0.1) is 32.1 Å². The van der Waals surface area contributed by atoms with Crippen molar-refractivity contribution in [3.8, 4) is 11.8 Å². The number of hydrogen-bond acceptors (Lipinski definition) is 5. The number of rotatable bonds is 7. The molecule has 2 amide bonds. The number of carbonyl (C=O) groups excluding carboxylic acids is 3. The Bertz CT molecular complexity index is 1220. The van der Waals surface area contributed by atoms with Gasteiger partial charge in [-0.25, -0.2) is 0 Å². The average molecular weight is 444 g/mol. The maximum atomic E-state index is 12.5. The van der Waals surface area contributed by atoms with Crippen molar-refractivity contribution in [2.75, 3.05) is 18.5 Å². The average Bonchev–Trinajstić information content (AvgIpc) is 3.05. The molecule has 0 aliphatic heterocycles. The molecule has 0 unspecified atom stereocenters. The van der Waals surface area contributed by atoms with Crippen molar-refractivity contribution >= 4 is 23.6 Å². The second kappa shape index (κ2) is 10.3. The molecular weight excluding hydrogens is 420 g/mol. The highest BCUT2D eigenvalue weighted by atomic mass is 16.5. The fourth-order valence-corrected chi connectivity index (χ4v) is 3.29. The lowest BCUT2D eigenvalue weighted by atomic mass is 10.1. The molecule has 0 radical (unpaired) electrons. The second-order valence-electron chi connectivity index (χ2n) is 7.47. The van der Waals surface area contributed by atoms with Crippen molar-refractivity contribution in [1.82, 2.24) is 9.88 Å². The topological polar surface area (TPSA) is 113 Å². The van der Waals surface area contributed by atoms with Crippen LogP contribution in [-0.2, 0) is 14.3 Å². The van der Waals surface area contributed by atoms with Gasteiger partial charge in [0.15, 0.2) is 6.61 Å². The number of esters is 1. The highest BCUT2D eigenvalue weighted by Crippen LogP contribution is 2.29. The Kier molecular flexibility index (Phi) is 7.26. The van der Waals surface area contributed by atoms with Crippen molar-refractivity contribution in [1.29, 1.82) is 5.26 Å². The quantitative estimate of drug-likeness (QED) is 0.544. The Hall–Kier alpha value is -4.38. The first kappa shape index (κ1) is 23.3. The lowest BCUT2D eigenvalue weighted by Crippen LogP contribution is -2.32. The molecule has 1 aromatic heterocycles. The summed E-state index contributed by atoms with van der Waals surface area (Å²) < 4.78 is 6.75. The van der Waals surface area contributed by atoms with Crippen LogP contribution in [0.1, 0.15) is 32.7 Å². The normalized spacial score (nSPS) is 10.2. The standard InChI is InChI=1S/C25H24N4O4/c1-16-9-11-19(12-10-16)25(32)27-14-23(31)33-15-22(30)28-24-21(13-26)17(2)18(3)29(24)20-7-5-4-6-8-20/h4-12H,14-15H2,1-3H3,(H,27,32)(H,28,30). The van der Waals surface area contributed by atoms with Crippen LogP contribution in [0.25, 0.3) is 5.69 Å². The fraction of sp³-hybridized carbons (Fsp3) is 0.200. The predicted molar refractivity (Wildman–Crippen MR) is 123 cm³/mol. The van der Waals surface area contributed by atoms with Crippen LogP contribution in [0.2, 0.25) is 0 Å². The molecular formula is C25H24N4O4. The van der Waals surface area contributed by atoms with E-state index < -0.39 is 24.4 Å². The molecule has 3 aromatic rings. The zero-order chi connectivity index (χ0) is 24.0. The zero-order valence-corrected chi connectivity index (χ0v) is 18.6. The fourth-order valence-electron chi connectivity index (χ4n) is 3.29. The van der Waals surface area contributed by atoms with Crippen LogP contribution >= 0.6 is 0 Å². The van der Waals surface area contributed by atoms with Crippen LogP contribution in [0.3, 0.4) is 0 Å². The van der Waals surface area contributed by atoms with Gasteiger partial charge >= 0.3 is 5.97 Å². The Morgan fingerprint density at radius 1 is 1.00 bits per heavy atom. The summed E-state index contributed by atoms with van der Waals surface area (Å²) in [5, 5.41) is 14.7. The highest BCUT2D eigenvalue weighted by Gasteiger charge is 2.21. The molecule has 33 heavy (non-hydrogen) atoms. The van der Waals surface area contributed by atoms with Crippen LogP contribution in [0.4, 0.5) is 5.82 Å². The molecule has 0 atom stereocenters. The number of carbonyl (C=O) groups is 3. The molecule has 0 saturated carbocycles. The van der Waals surface area contributed by atoms with Gasteiger partial charge in [-0.15, -0.1) is 0 Å². The van der Waals surface area contributed by atoms with E-state index in [1.807, 2.05) is 44.2 Å². The molecule has 0 aliphatic rings. The van der Waals surface area contributed by atoms with E-state index in [2.05, 4.69) is 16.7 Å². The third kappa shape index (κ3) is 5.46. The molecule has 2 N–H and O–H groups in total. The summed E-state index contributed by atoms with van der Waals surface area (Å²) >= 11 is 0. The second-order valence-corrected chi connectivity index (χ2v) is 7.47. The van der Waals surface area contributed by atoms with Gasteiger partial charge in [-0.3, -0.25) is 19.0 Å². The lowest BCUT2D eigenvalue weighted by Gasteiger charge is -2.13. The molecule has 1 heterocycles. The molecule has 0 bridgehead atoms. The van der Waals surface area contributed by atoms with Gasteiger partial charge in [0.2, 0.25) is 0 Å². The molecule has 3 rings (SSSR count). The maximum Gasteiger partial charge on any atom is 0.325 e. The summed E-state index contributed by atoms with van der Waals surface area (Å²) in [6.45, 7) is 4.64. The lowest BCUT2D eigenvalue weighted by molar-refractivity contribution is -0.146. The summed E-state index contributed by atoms with van der Waals surface area (Å²) in [6, 6.07) is 18.3. The van der Waals surface area contributed by atoms with E-state index in [-0.39, 0.29) is 6.54 Å². The van der Waals surface area contributed by atoms with E-state index in [1.165, 1.54) is 0 Å². The minimum atomic E-state index is -0.753. The SMILES string of the molecule is Cc1ccc(C(=O)NCC(=O)OCC(=O)Nc2c(C#N)c(C)c(C)n2-c2ccccc2)cc1. The largest absolute Gasteiger partial charge is 0.454 e. The molecule has 0 fully saturated rings. The van der Waals surface area contributed by atoms with Crippen molar-refractivity contribution < 1.29 is 19.1 Å². The Labute approximate surface area is 191 Å². The van der Waals surface area contributed by atoms with Gasteiger partial charge < -0.3 is 15.4 Å². The molecule has 2 aromatic carbocycles. The minimum Gasteiger partial charge on any atom is -0.454 e. The Balaban J connectivity index is 1.61. The van der Waals surface area contributed by atoms with Crippen molar-refractivity contribution in [3.63, 3.8) is 0 Å². The summed E-state index contributed by atoms with van der Waals surface area (Å²) in [7, 11) is 0. The number of aromatic nitrogens is 1. The number of amides is 2. The van der Waals surface area contributed by atoms with Gasteiger partial charge in [0.05, 0.1) is 5.56 Å². The first-order valence-electron chi connectivity index (χ1n) is 10.3. The highest BCUT2D eigenvalue weighted by molar-refractivity contribution is 5.97. The first-order chi connectivity index (χ1) is 15.8. The molecule has 8 nitrogen and oxygen atoms in total. The van der Waals surface area contributed by atoms with Crippen molar-refractivity contribution in [3.05, 3.63) is 82.5 Å². The van der Waals surface area contributed by atoms with E-state index in [4.69, 9.17) is 4.74 Å². The van der Waals surface area contributed by atoms with E-state index in [0.717, 1.165) is 22.5 Å². The molecule has 0 aliphatic carbocycles. The van der Waals surface area contributed by atoms with Gasteiger partial charge in [-0.1, -0.05) is 35.9 Å². The minimum absolute atomic E-state index is 0.312. The third-order valence-corrected chi connectivity index (χ3v) is 5.17. The van der Waals surface area contributed by atoms with Crippen LogP contribution < -0.4 is 10.6 Å². The van der Waals surface area contributed by atoms with E-state index >= 15 is 0 Å². The predicted octanol–water partition coefficient (Wildman–Crippen LogP) is 3.19. The van der Waals surface area contributed by atoms with E-state index in [0.29, 0.717) is 16.9 Å². The third-order valence-electron chi connectivity index (χ3n) is 5.17. The molecule has 168 valence electrons. The number of nitrogens with one attached hydrogen (secondary N) is 2. The van der Waals surface area contributed by atoms with Gasteiger partial charge in [0.1, 0.15) is 18.4 Å². The Morgan fingerprint density at radius 2 is 1.67 bits per heavy atom. The number of hydrogen-bond donors (Lipinski definition) is 2. The summed E-state index contributed by atoms with van der Waals surface area (Å²) in [4.78, 5) is 36.6. The van der Waals surface area contributed by atoms with E-state index in [1.54, 1.807) is 35.8 Å². The number of anilines is 1. The smallest absolute Gasteiger partial charge is 0.325 e. The van der Waals surface area contributed by atoms with E-state index in [9.17, 15) is 19.6 Å². The molecule has 0 spiro atoms. The number of benzene rings is 2. The zero-order valence-electron chi connectivity index (χ0n) is 18.6. The number of nitriles is 1. The van der Waals surface area contributed by atoms with Gasteiger partial charge in [0, 0.05) is 16.9 Å². The van der Waals surface area contributed by atoms with Gasteiger partial charge in [0.25, 0.3) is 11.8 Å². The monoisotopic (exact) mass is 444 g/mol. The van der Waals surface area contributed by atoms with Crippen LogP contribution in [0.5, 0.6) is 0 Å². The van der Waals surface area contributed by atoms with Crippen LogP contribution in [0.15, 0.2) is 54.6 Å². The Morgan fingerprint density at radius 3 is 2.30 bits per heavy atom. The van der Waals surface area contributed by atoms with Gasteiger partial charge in [-0.05, 0) is 50.6 Å². The summed E-state index contributed by atoms with van der Waals surface area (Å²) in [5.74, 6) is -1.45. The number of para-hydroxylation sites is 1. The maximum absolute atomic E-state index is 12.5. The van der Waals surface area contributed by atoms with Crippen LogP contribution in [-0.4, -0.2) is 35.5 Å². The summed E-state index contributed by atoms with van der Waals surface area (Å²) in [5.41, 5.74) is 4.10. The molecule has 0 saturated heterocycles. The number of ether oxygens (including phenoxy) is 1. The van der Waals surface area contributed by atoms with Crippen molar-refractivity contribution in [2.24, 2.45) is 0 Å².